The molecule has 7 heteroatoms. The molecule has 0 aromatic carbocycles. The molecule has 1 heterocycles. The number of ether oxygens (including phenoxy) is 1. The summed E-state index contributed by atoms with van der Waals surface area (Å²) in [5.41, 5.74) is -0.186. The minimum absolute atomic E-state index is 0.186. The molecule has 0 aliphatic rings. The Morgan fingerprint density at radius 2 is 2.44 bits per heavy atom. The van der Waals surface area contributed by atoms with Crippen LogP contribution >= 0.6 is 11.8 Å². The van der Waals surface area contributed by atoms with Gasteiger partial charge in [0.1, 0.15) is 0 Å². The molecule has 0 aliphatic heterocycles. The van der Waals surface area contributed by atoms with Gasteiger partial charge in [-0.25, -0.2) is 9.89 Å². The maximum atomic E-state index is 11.1. The predicted octanol–water partition coefficient (Wildman–Crippen LogP) is -0.175. The summed E-state index contributed by atoms with van der Waals surface area (Å²) < 4.78 is 6.61. The molecule has 2 N–H and O–H groups in total. The first-order valence-corrected chi connectivity index (χ1v) is 6.14. The van der Waals surface area contributed by atoms with Gasteiger partial charge < -0.3 is 10.1 Å². The number of thioether (sulfide) groups is 1. The lowest BCUT2D eigenvalue weighted by atomic mass is 10.3. The van der Waals surface area contributed by atoms with Gasteiger partial charge in [0.15, 0.2) is 5.16 Å². The summed E-state index contributed by atoms with van der Waals surface area (Å²) in [5, 5.41) is 10.3. The fraction of sp³-hybridized carbons (Fsp3) is 0.778. The number of H-pyrrole nitrogens is 1. The molecule has 0 saturated heterocycles. The third kappa shape index (κ3) is 3.66. The fourth-order valence-corrected chi connectivity index (χ4v) is 2.24. The Kier molecular flexibility index (Phi) is 5.58. The number of rotatable bonds is 7. The number of hydrogen-bond donors (Lipinski definition) is 2. The molecule has 0 bridgehead atoms. The third-order valence-electron chi connectivity index (χ3n) is 2.11. The first kappa shape index (κ1) is 13.3. The number of aromatic amines is 1. The molecule has 0 saturated carbocycles. The van der Waals surface area contributed by atoms with E-state index in [0.29, 0.717) is 11.8 Å². The lowest BCUT2D eigenvalue weighted by Crippen LogP contribution is -2.35. The number of methoxy groups -OCH3 is 1. The van der Waals surface area contributed by atoms with Crippen molar-refractivity contribution in [1.82, 2.24) is 20.1 Å². The van der Waals surface area contributed by atoms with Crippen LogP contribution in [0.2, 0.25) is 0 Å². The fourth-order valence-electron chi connectivity index (χ4n) is 1.29. The van der Waals surface area contributed by atoms with E-state index < -0.39 is 0 Å². The molecule has 1 rings (SSSR count). The van der Waals surface area contributed by atoms with Gasteiger partial charge in [0.05, 0.1) is 6.61 Å². The molecular weight excluding hydrogens is 228 g/mol. The van der Waals surface area contributed by atoms with Gasteiger partial charge in [0.2, 0.25) is 0 Å². The second-order valence-electron chi connectivity index (χ2n) is 3.39. The van der Waals surface area contributed by atoms with E-state index in [0.717, 1.165) is 12.3 Å². The molecule has 0 amide bonds. The minimum Gasteiger partial charge on any atom is -0.383 e. The van der Waals surface area contributed by atoms with Crippen LogP contribution in [0.15, 0.2) is 9.95 Å². The van der Waals surface area contributed by atoms with Gasteiger partial charge in [0, 0.05) is 26.0 Å². The monoisotopic (exact) mass is 246 g/mol. The van der Waals surface area contributed by atoms with Crippen molar-refractivity contribution in [3.8, 4) is 0 Å². The van der Waals surface area contributed by atoms with E-state index >= 15 is 0 Å². The molecule has 16 heavy (non-hydrogen) atoms. The van der Waals surface area contributed by atoms with Crippen molar-refractivity contribution in [2.75, 3.05) is 26.0 Å². The molecule has 1 unspecified atom stereocenters. The topological polar surface area (TPSA) is 71.9 Å². The Labute approximate surface area is 98.8 Å². The average molecular weight is 246 g/mol. The largest absolute Gasteiger partial charge is 0.383 e. The third-order valence-corrected chi connectivity index (χ3v) is 3.31. The van der Waals surface area contributed by atoms with E-state index in [-0.39, 0.29) is 11.7 Å². The first-order valence-electron chi connectivity index (χ1n) is 5.15. The molecule has 0 spiro atoms. The molecule has 0 aliphatic carbocycles. The summed E-state index contributed by atoms with van der Waals surface area (Å²) in [7, 11) is 3.38. The van der Waals surface area contributed by atoms with Crippen LogP contribution in [0.1, 0.15) is 6.92 Å². The molecule has 1 aromatic heterocycles. The van der Waals surface area contributed by atoms with Crippen LogP contribution in [0.4, 0.5) is 0 Å². The summed E-state index contributed by atoms with van der Waals surface area (Å²) >= 11 is 1.53. The van der Waals surface area contributed by atoms with Gasteiger partial charge in [0.25, 0.3) is 0 Å². The van der Waals surface area contributed by atoms with Crippen molar-refractivity contribution < 1.29 is 4.74 Å². The molecule has 92 valence electrons. The van der Waals surface area contributed by atoms with E-state index in [1.165, 1.54) is 16.3 Å². The lowest BCUT2D eigenvalue weighted by Gasteiger charge is -2.15. The van der Waals surface area contributed by atoms with Crippen LogP contribution < -0.4 is 11.0 Å². The molecule has 1 aromatic rings. The Balaban J connectivity index is 2.48. The minimum atomic E-state index is -0.186. The van der Waals surface area contributed by atoms with Gasteiger partial charge in [-0.05, 0) is 6.54 Å². The summed E-state index contributed by atoms with van der Waals surface area (Å²) in [4.78, 5) is 11.1. The average Bonchev–Trinajstić information content (AvgIpc) is 2.58. The van der Waals surface area contributed by atoms with Gasteiger partial charge in [-0.15, -0.1) is 5.10 Å². The van der Waals surface area contributed by atoms with E-state index in [1.807, 2.05) is 0 Å². The Morgan fingerprint density at radius 1 is 1.69 bits per heavy atom. The normalized spacial score (nSPS) is 12.9. The van der Waals surface area contributed by atoms with Crippen LogP contribution in [-0.4, -0.2) is 46.8 Å². The lowest BCUT2D eigenvalue weighted by molar-refractivity contribution is 0.174. The van der Waals surface area contributed by atoms with Crippen molar-refractivity contribution in [3.05, 3.63) is 10.5 Å². The summed E-state index contributed by atoms with van der Waals surface area (Å²) in [6.07, 6.45) is 0. The number of aromatic nitrogens is 3. The van der Waals surface area contributed by atoms with Crippen molar-refractivity contribution in [1.29, 1.82) is 0 Å². The maximum absolute atomic E-state index is 11.1. The van der Waals surface area contributed by atoms with Gasteiger partial charge in [-0.1, -0.05) is 18.7 Å². The van der Waals surface area contributed by atoms with Gasteiger partial charge in [-0.3, -0.25) is 4.57 Å². The quantitative estimate of drug-likeness (QED) is 0.653. The Morgan fingerprint density at radius 3 is 2.94 bits per heavy atom. The van der Waals surface area contributed by atoms with Crippen LogP contribution in [-0.2, 0) is 11.8 Å². The highest BCUT2D eigenvalue weighted by Crippen LogP contribution is 2.13. The molecular formula is C9H18N4O2S. The summed E-state index contributed by atoms with van der Waals surface area (Å²) in [6, 6.07) is 0.270. The number of nitrogens with one attached hydrogen (secondary N) is 2. The Hall–Kier alpha value is -0.790. The maximum Gasteiger partial charge on any atom is 0.343 e. The second-order valence-corrected chi connectivity index (χ2v) is 4.38. The second kappa shape index (κ2) is 6.72. The predicted molar refractivity (Wildman–Crippen MR) is 63.9 cm³/mol. The van der Waals surface area contributed by atoms with E-state index in [1.54, 1.807) is 14.2 Å². The van der Waals surface area contributed by atoms with Crippen molar-refractivity contribution in [2.24, 2.45) is 7.05 Å². The molecule has 0 radical (unpaired) electrons. The SMILES string of the molecule is CCNC(COC)CSc1n[nH]c(=O)n1C. The number of nitrogens with zero attached hydrogens (tertiary/aromatic N) is 2. The summed E-state index contributed by atoms with van der Waals surface area (Å²) in [5.74, 6) is 0.819. The first-order chi connectivity index (χ1) is 7.69. The van der Waals surface area contributed by atoms with Crippen molar-refractivity contribution in [3.63, 3.8) is 0 Å². The zero-order valence-electron chi connectivity index (χ0n) is 9.82. The van der Waals surface area contributed by atoms with E-state index in [4.69, 9.17) is 4.74 Å². The van der Waals surface area contributed by atoms with Crippen LogP contribution in [0.5, 0.6) is 0 Å². The van der Waals surface area contributed by atoms with Crippen LogP contribution in [0, 0.1) is 0 Å². The van der Waals surface area contributed by atoms with Gasteiger partial charge >= 0.3 is 5.69 Å². The zero-order chi connectivity index (χ0) is 12.0. The van der Waals surface area contributed by atoms with E-state index in [2.05, 4.69) is 22.4 Å². The number of likely N-dealkylation sites (N-methyl/N-ethyl adjacent to an activating group) is 1. The highest BCUT2D eigenvalue weighted by Gasteiger charge is 2.10. The Bertz CT molecular complexity index is 357. The summed E-state index contributed by atoms with van der Waals surface area (Å²) in [6.45, 7) is 3.60. The highest BCUT2D eigenvalue weighted by atomic mass is 32.2. The standard InChI is InChI=1S/C9H18N4O2S/c1-4-10-7(5-15-3)6-16-9-12-11-8(14)13(9)2/h7,10H,4-6H2,1-3H3,(H,11,14). The van der Waals surface area contributed by atoms with Gasteiger partial charge in [-0.2, -0.15) is 0 Å². The van der Waals surface area contributed by atoms with Crippen LogP contribution in [0.25, 0.3) is 0 Å². The van der Waals surface area contributed by atoms with Crippen LogP contribution in [0.3, 0.4) is 0 Å². The smallest absolute Gasteiger partial charge is 0.343 e. The molecule has 1 atom stereocenters. The van der Waals surface area contributed by atoms with Crippen molar-refractivity contribution >= 4 is 11.8 Å². The zero-order valence-corrected chi connectivity index (χ0v) is 10.6. The molecule has 6 nitrogen and oxygen atoms in total. The number of hydrogen-bond acceptors (Lipinski definition) is 5. The highest BCUT2D eigenvalue weighted by molar-refractivity contribution is 7.99. The van der Waals surface area contributed by atoms with Crippen molar-refractivity contribution in [2.45, 2.75) is 18.1 Å². The van der Waals surface area contributed by atoms with E-state index in [9.17, 15) is 4.79 Å². The molecule has 0 fully saturated rings.